The summed E-state index contributed by atoms with van der Waals surface area (Å²) in [5.41, 5.74) is 0.742. The van der Waals surface area contributed by atoms with Crippen LogP contribution in [-0.2, 0) is 17.4 Å². The molecule has 1 aliphatic heterocycles. The van der Waals surface area contributed by atoms with Crippen molar-refractivity contribution in [2.24, 2.45) is 5.92 Å². The van der Waals surface area contributed by atoms with Gasteiger partial charge in [-0.25, -0.2) is 4.79 Å². The molecule has 0 aliphatic carbocycles. The Hall–Kier alpha value is -3.03. The zero-order valence-electron chi connectivity index (χ0n) is 16.4. The van der Waals surface area contributed by atoms with Crippen molar-refractivity contribution in [3.8, 4) is 0 Å². The van der Waals surface area contributed by atoms with E-state index in [9.17, 15) is 22.8 Å². The number of hydrogen-bond donors (Lipinski definition) is 2. The van der Waals surface area contributed by atoms with Crippen LogP contribution in [0.4, 0.5) is 23.7 Å². The third-order valence-corrected chi connectivity index (χ3v) is 5.09. The minimum absolute atomic E-state index is 0.108. The van der Waals surface area contributed by atoms with Crippen LogP contribution >= 0.6 is 0 Å². The van der Waals surface area contributed by atoms with E-state index in [1.807, 2.05) is 30.3 Å². The number of nitrogens with one attached hydrogen (secondary N) is 2. The zero-order valence-corrected chi connectivity index (χ0v) is 16.4. The fraction of sp³-hybridized carbons (Fsp3) is 0.364. The molecular formula is C22H24F3N3O2. The van der Waals surface area contributed by atoms with E-state index in [2.05, 4.69) is 10.6 Å². The lowest BCUT2D eigenvalue weighted by atomic mass is 9.97. The lowest BCUT2D eigenvalue weighted by molar-refractivity contribution is -0.137. The van der Waals surface area contributed by atoms with Crippen molar-refractivity contribution in [2.75, 3.05) is 25.0 Å². The Bertz CT molecular complexity index is 854. The Kier molecular flexibility index (Phi) is 6.97. The first kappa shape index (κ1) is 21.7. The van der Waals surface area contributed by atoms with Crippen LogP contribution in [0.5, 0.6) is 0 Å². The fourth-order valence-electron chi connectivity index (χ4n) is 3.43. The Morgan fingerprint density at radius 3 is 2.40 bits per heavy atom. The predicted molar refractivity (Wildman–Crippen MR) is 108 cm³/mol. The molecule has 1 atom stereocenters. The molecule has 0 radical (unpaired) electrons. The van der Waals surface area contributed by atoms with Crippen LogP contribution in [0, 0.1) is 5.92 Å². The monoisotopic (exact) mass is 419 g/mol. The van der Waals surface area contributed by atoms with E-state index in [1.165, 1.54) is 12.1 Å². The highest BCUT2D eigenvalue weighted by molar-refractivity contribution is 5.93. The van der Waals surface area contributed by atoms with Crippen molar-refractivity contribution in [1.82, 2.24) is 10.2 Å². The number of nitrogens with zero attached hydrogens (tertiary/aromatic N) is 1. The molecule has 2 aromatic carbocycles. The van der Waals surface area contributed by atoms with Crippen LogP contribution < -0.4 is 10.6 Å². The number of likely N-dealkylation sites (tertiary alicyclic amines) is 1. The fourth-order valence-corrected chi connectivity index (χ4v) is 3.43. The second kappa shape index (κ2) is 9.65. The number of carbonyl (C=O) groups is 2. The quantitative estimate of drug-likeness (QED) is 0.759. The number of rotatable bonds is 5. The van der Waals surface area contributed by atoms with Gasteiger partial charge >= 0.3 is 12.2 Å². The number of carbonyl (C=O) groups excluding carboxylic acids is 2. The van der Waals surface area contributed by atoms with Gasteiger partial charge in [0.1, 0.15) is 0 Å². The molecular weight excluding hydrogens is 395 g/mol. The number of amides is 3. The molecule has 1 heterocycles. The Morgan fingerprint density at radius 2 is 1.73 bits per heavy atom. The molecule has 30 heavy (non-hydrogen) atoms. The Balaban J connectivity index is 1.45. The number of urea groups is 1. The van der Waals surface area contributed by atoms with E-state index >= 15 is 0 Å². The summed E-state index contributed by atoms with van der Waals surface area (Å²) in [6.07, 6.45) is -2.48. The molecule has 3 rings (SSSR count). The van der Waals surface area contributed by atoms with Gasteiger partial charge in [0.2, 0.25) is 5.91 Å². The molecule has 0 saturated carbocycles. The topological polar surface area (TPSA) is 61.4 Å². The lowest BCUT2D eigenvalue weighted by Crippen LogP contribution is -2.48. The van der Waals surface area contributed by atoms with Crippen molar-refractivity contribution < 1.29 is 22.8 Å². The molecule has 5 nitrogen and oxygen atoms in total. The summed E-state index contributed by atoms with van der Waals surface area (Å²) >= 11 is 0. The molecule has 0 bridgehead atoms. The van der Waals surface area contributed by atoms with Gasteiger partial charge in [0.25, 0.3) is 0 Å². The summed E-state index contributed by atoms with van der Waals surface area (Å²) in [7, 11) is 0. The van der Waals surface area contributed by atoms with Gasteiger partial charge in [0.15, 0.2) is 0 Å². The van der Waals surface area contributed by atoms with Crippen molar-refractivity contribution in [3.05, 3.63) is 65.7 Å². The van der Waals surface area contributed by atoms with Gasteiger partial charge in [-0.05, 0) is 49.1 Å². The molecule has 1 fully saturated rings. The zero-order chi connectivity index (χ0) is 21.6. The number of anilines is 1. The summed E-state index contributed by atoms with van der Waals surface area (Å²) in [5.74, 6) is -0.386. The maximum Gasteiger partial charge on any atom is 0.416 e. The average Bonchev–Trinajstić information content (AvgIpc) is 2.74. The van der Waals surface area contributed by atoms with Crippen LogP contribution in [-0.4, -0.2) is 36.5 Å². The third kappa shape index (κ3) is 5.98. The summed E-state index contributed by atoms with van der Waals surface area (Å²) < 4.78 is 37.8. The summed E-state index contributed by atoms with van der Waals surface area (Å²) in [6, 6.07) is 13.8. The van der Waals surface area contributed by atoms with Crippen molar-refractivity contribution in [3.63, 3.8) is 0 Å². The van der Waals surface area contributed by atoms with Gasteiger partial charge in [0, 0.05) is 25.3 Å². The van der Waals surface area contributed by atoms with Crippen molar-refractivity contribution in [2.45, 2.75) is 25.4 Å². The van der Waals surface area contributed by atoms with E-state index < -0.39 is 11.7 Å². The minimum atomic E-state index is -4.36. The van der Waals surface area contributed by atoms with Gasteiger partial charge in [-0.3, -0.25) is 4.79 Å². The highest BCUT2D eigenvalue weighted by atomic mass is 19.4. The van der Waals surface area contributed by atoms with Crippen LogP contribution in [0.3, 0.4) is 0 Å². The molecule has 0 aromatic heterocycles. The van der Waals surface area contributed by atoms with Crippen molar-refractivity contribution in [1.29, 1.82) is 0 Å². The first-order valence-electron chi connectivity index (χ1n) is 9.88. The number of piperidine rings is 1. The van der Waals surface area contributed by atoms with Crippen LogP contribution in [0.2, 0.25) is 0 Å². The van der Waals surface area contributed by atoms with E-state index in [0.717, 1.165) is 24.2 Å². The normalized spacial score (nSPS) is 16.8. The standard InChI is InChI=1S/C22H24F3N3O2/c23-22(24,25)18-10-8-16(9-11-18)12-13-26-21(30)28-14-4-5-17(15-28)20(29)27-19-6-2-1-3-7-19/h1-3,6-11,17H,4-5,12-15H2,(H,26,30)(H,27,29). The predicted octanol–water partition coefficient (Wildman–Crippen LogP) is 4.31. The summed E-state index contributed by atoms with van der Waals surface area (Å²) in [4.78, 5) is 26.5. The van der Waals surface area contributed by atoms with Gasteiger partial charge in [0.05, 0.1) is 11.5 Å². The maximum absolute atomic E-state index is 12.6. The van der Waals surface area contributed by atoms with Crippen LogP contribution in [0.15, 0.2) is 54.6 Å². The first-order chi connectivity index (χ1) is 14.3. The molecule has 1 aliphatic rings. The Labute approximate surface area is 173 Å². The second-order valence-electron chi connectivity index (χ2n) is 7.32. The number of benzene rings is 2. The van der Waals surface area contributed by atoms with E-state index in [0.29, 0.717) is 38.0 Å². The maximum atomic E-state index is 12.6. The molecule has 8 heteroatoms. The number of alkyl halides is 3. The van der Waals surface area contributed by atoms with Gasteiger partial charge < -0.3 is 15.5 Å². The summed E-state index contributed by atoms with van der Waals surface area (Å²) in [5, 5.41) is 5.66. The SMILES string of the molecule is O=C(Nc1ccccc1)C1CCCN(C(=O)NCCc2ccc(C(F)(F)F)cc2)C1. The number of hydrogen-bond acceptors (Lipinski definition) is 2. The minimum Gasteiger partial charge on any atom is -0.338 e. The third-order valence-electron chi connectivity index (χ3n) is 5.09. The van der Waals surface area contributed by atoms with Gasteiger partial charge in [-0.1, -0.05) is 30.3 Å². The molecule has 1 saturated heterocycles. The lowest BCUT2D eigenvalue weighted by Gasteiger charge is -2.32. The highest BCUT2D eigenvalue weighted by Crippen LogP contribution is 2.29. The largest absolute Gasteiger partial charge is 0.416 e. The number of halogens is 3. The molecule has 0 spiro atoms. The van der Waals surface area contributed by atoms with E-state index in [1.54, 1.807) is 4.90 Å². The van der Waals surface area contributed by atoms with Crippen LogP contribution in [0.1, 0.15) is 24.0 Å². The Morgan fingerprint density at radius 1 is 1.03 bits per heavy atom. The molecule has 2 N–H and O–H groups in total. The van der Waals surface area contributed by atoms with Crippen LogP contribution in [0.25, 0.3) is 0 Å². The highest BCUT2D eigenvalue weighted by Gasteiger charge is 2.30. The van der Waals surface area contributed by atoms with Gasteiger partial charge in [-0.15, -0.1) is 0 Å². The molecule has 3 amide bonds. The number of para-hydroxylation sites is 1. The average molecular weight is 419 g/mol. The smallest absolute Gasteiger partial charge is 0.338 e. The molecule has 2 aromatic rings. The molecule has 160 valence electrons. The molecule has 1 unspecified atom stereocenters. The second-order valence-corrected chi connectivity index (χ2v) is 7.32. The van der Waals surface area contributed by atoms with E-state index in [-0.39, 0.29) is 17.9 Å². The first-order valence-corrected chi connectivity index (χ1v) is 9.88. The van der Waals surface area contributed by atoms with Gasteiger partial charge in [-0.2, -0.15) is 13.2 Å². The van der Waals surface area contributed by atoms with Crippen molar-refractivity contribution >= 4 is 17.6 Å². The van der Waals surface area contributed by atoms with E-state index in [4.69, 9.17) is 0 Å². The summed E-state index contributed by atoms with van der Waals surface area (Å²) in [6.45, 7) is 1.22.